The minimum Gasteiger partial charge on any atom is -0.349 e. The summed E-state index contributed by atoms with van der Waals surface area (Å²) in [6.45, 7) is 6.47. The third kappa shape index (κ3) is 5.59. The van der Waals surface area contributed by atoms with Crippen molar-refractivity contribution in [3.63, 3.8) is 0 Å². The van der Waals surface area contributed by atoms with Crippen LogP contribution in [-0.4, -0.2) is 90.9 Å². The highest BCUT2D eigenvalue weighted by Crippen LogP contribution is 2.52. The molecule has 6 rings (SSSR count). The summed E-state index contributed by atoms with van der Waals surface area (Å²) in [4.78, 5) is 15.9. The molecule has 2 fully saturated rings. The predicted molar refractivity (Wildman–Crippen MR) is 152 cm³/mol. The molecule has 0 spiro atoms. The van der Waals surface area contributed by atoms with Gasteiger partial charge in [0.2, 0.25) is 0 Å². The van der Waals surface area contributed by atoms with Gasteiger partial charge in [-0.05, 0) is 64.4 Å². The van der Waals surface area contributed by atoms with Gasteiger partial charge in [-0.2, -0.15) is 31.3 Å². The smallest absolute Gasteiger partial charge is 0.349 e. The SMILES string of the molecule is C[C@@H]1CN(c2nc3nncn3c3c2ncn3CCN(C)C)[C@@H](C)CN1C(c1ccc(C(F)(F)F)cc1)C1CC(C(F)(F)F)C1. The van der Waals surface area contributed by atoms with E-state index in [0.29, 0.717) is 42.3 Å². The summed E-state index contributed by atoms with van der Waals surface area (Å²) in [5, 5.41) is 8.26. The van der Waals surface area contributed by atoms with Crippen molar-refractivity contribution < 1.29 is 26.3 Å². The van der Waals surface area contributed by atoms with Gasteiger partial charge in [0.25, 0.3) is 5.78 Å². The standard InChI is InChI=1S/C29H35F6N9/c1-17-14-43(25-23-26(44-16-37-39-27(44)38-25)41(15-36-23)10-9-40(3)4)18(2)13-42(17)24(20-11-22(12-20)29(33,34)35)19-5-7-21(8-6-19)28(30,31)32/h5-8,15-18,20,22,24H,9-14H2,1-4H3/t17-,18+,20?,22?,24?/m1/s1. The third-order valence-corrected chi connectivity index (χ3v) is 9.10. The van der Waals surface area contributed by atoms with Crippen LogP contribution in [0.15, 0.2) is 36.9 Å². The number of benzene rings is 1. The summed E-state index contributed by atoms with van der Waals surface area (Å²) in [6, 6.07) is 4.15. The monoisotopic (exact) mass is 623 g/mol. The number of hydrogen-bond acceptors (Lipinski definition) is 7. The number of alkyl halides is 6. The van der Waals surface area contributed by atoms with Gasteiger partial charge < -0.3 is 14.4 Å². The molecule has 9 nitrogen and oxygen atoms in total. The van der Waals surface area contributed by atoms with Crippen molar-refractivity contribution >= 4 is 22.8 Å². The Morgan fingerprint density at radius 1 is 0.955 bits per heavy atom. The van der Waals surface area contributed by atoms with Crippen LogP contribution in [0.1, 0.15) is 43.9 Å². The van der Waals surface area contributed by atoms with Crippen LogP contribution in [0.25, 0.3) is 16.9 Å². The van der Waals surface area contributed by atoms with Gasteiger partial charge in [-0.25, -0.2) is 9.38 Å². The zero-order chi connectivity index (χ0) is 31.6. The summed E-state index contributed by atoms with van der Waals surface area (Å²) in [6.07, 6.45) is -5.50. The zero-order valence-corrected chi connectivity index (χ0v) is 24.9. The summed E-state index contributed by atoms with van der Waals surface area (Å²) in [5.74, 6) is -0.649. The van der Waals surface area contributed by atoms with Gasteiger partial charge in [-0.1, -0.05) is 12.1 Å². The molecule has 1 unspecified atom stereocenters. The van der Waals surface area contributed by atoms with Crippen LogP contribution in [0, 0.1) is 11.8 Å². The molecule has 44 heavy (non-hydrogen) atoms. The Morgan fingerprint density at radius 3 is 2.30 bits per heavy atom. The lowest BCUT2D eigenvalue weighted by Gasteiger charge is -2.52. The number of halogens is 6. The number of nitrogens with zero attached hydrogens (tertiary/aromatic N) is 9. The van der Waals surface area contributed by atoms with Crippen LogP contribution in [0.5, 0.6) is 0 Å². The number of imidazole rings is 1. The minimum atomic E-state index is -4.50. The van der Waals surface area contributed by atoms with Gasteiger partial charge in [-0.15, -0.1) is 10.2 Å². The number of anilines is 1. The fourth-order valence-corrected chi connectivity index (χ4v) is 6.69. The van der Waals surface area contributed by atoms with Crippen LogP contribution in [0.4, 0.5) is 32.2 Å². The van der Waals surface area contributed by atoms with E-state index in [1.165, 1.54) is 12.1 Å². The Morgan fingerprint density at radius 2 is 1.66 bits per heavy atom. The molecule has 0 N–H and O–H groups in total. The average molecular weight is 624 g/mol. The van der Waals surface area contributed by atoms with E-state index in [-0.39, 0.29) is 30.8 Å². The molecular weight excluding hydrogens is 588 g/mol. The Balaban J connectivity index is 1.32. The maximum atomic E-state index is 13.5. The first kappa shape index (κ1) is 30.6. The van der Waals surface area contributed by atoms with E-state index in [1.54, 1.807) is 17.1 Å². The number of piperazine rings is 1. The number of aromatic nitrogens is 6. The zero-order valence-electron chi connectivity index (χ0n) is 24.9. The number of hydrogen-bond donors (Lipinski definition) is 0. The van der Waals surface area contributed by atoms with Gasteiger partial charge in [-0.3, -0.25) is 4.90 Å². The lowest BCUT2D eigenvalue weighted by molar-refractivity contribution is -0.211. The van der Waals surface area contributed by atoms with Crippen LogP contribution in [-0.2, 0) is 12.7 Å². The molecule has 1 aromatic carbocycles. The fourth-order valence-electron chi connectivity index (χ4n) is 6.69. The molecule has 3 atom stereocenters. The van der Waals surface area contributed by atoms with Crippen molar-refractivity contribution in [2.45, 2.75) is 63.7 Å². The van der Waals surface area contributed by atoms with Gasteiger partial charge in [0.15, 0.2) is 11.5 Å². The lowest BCUT2D eigenvalue weighted by atomic mass is 9.68. The topological polar surface area (TPSA) is 70.6 Å². The largest absolute Gasteiger partial charge is 0.416 e. The maximum absolute atomic E-state index is 13.5. The molecule has 4 heterocycles. The van der Waals surface area contributed by atoms with E-state index < -0.39 is 29.9 Å². The normalized spacial score (nSPS) is 24.4. The van der Waals surface area contributed by atoms with Crippen LogP contribution >= 0.6 is 0 Å². The fraction of sp³-hybridized carbons (Fsp3) is 0.586. The van der Waals surface area contributed by atoms with Crippen LogP contribution < -0.4 is 4.90 Å². The summed E-state index contributed by atoms with van der Waals surface area (Å²) in [7, 11) is 3.99. The van der Waals surface area contributed by atoms with E-state index in [9.17, 15) is 26.3 Å². The predicted octanol–water partition coefficient (Wildman–Crippen LogP) is 5.28. The van der Waals surface area contributed by atoms with Crippen molar-refractivity contribution in [2.75, 3.05) is 38.6 Å². The van der Waals surface area contributed by atoms with Gasteiger partial charge in [0.1, 0.15) is 11.8 Å². The Labute approximate surface area is 250 Å². The van der Waals surface area contributed by atoms with Crippen molar-refractivity contribution in [3.05, 3.63) is 48.0 Å². The first-order valence-electron chi connectivity index (χ1n) is 14.7. The first-order valence-corrected chi connectivity index (χ1v) is 14.7. The molecule has 1 aliphatic carbocycles. The molecule has 0 bridgehead atoms. The second-order valence-corrected chi connectivity index (χ2v) is 12.4. The van der Waals surface area contributed by atoms with Crippen LogP contribution in [0.3, 0.4) is 0 Å². The third-order valence-electron chi connectivity index (χ3n) is 9.10. The van der Waals surface area contributed by atoms with Crippen LogP contribution in [0.2, 0.25) is 0 Å². The molecule has 1 saturated heterocycles. The highest BCUT2D eigenvalue weighted by Gasteiger charge is 2.52. The molecule has 3 aromatic heterocycles. The molecule has 15 heteroatoms. The molecule has 0 radical (unpaired) electrons. The molecule has 1 saturated carbocycles. The van der Waals surface area contributed by atoms with E-state index >= 15 is 0 Å². The van der Waals surface area contributed by atoms with E-state index in [2.05, 4.69) is 24.9 Å². The molecule has 4 aromatic rings. The Hall–Kier alpha value is -3.46. The molecule has 2 aliphatic rings. The van der Waals surface area contributed by atoms with Gasteiger partial charge in [0.05, 0.1) is 17.8 Å². The molecule has 238 valence electrons. The highest BCUT2D eigenvalue weighted by molar-refractivity contribution is 5.86. The second kappa shape index (κ2) is 11.2. The van der Waals surface area contributed by atoms with Crippen molar-refractivity contribution in [1.29, 1.82) is 0 Å². The number of fused-ring (bicyclic) bond motifs is 3. The van der Waals surface area contributed by atoms with E-state index in [0.717, 1.165) is 24.3 Å². The summed E-state index contributed by atoms with van der Waals surface area (Å²) >= 11 is 0. The molecule has 0 amide bonds. The molecule has 1 aliphatic heterocycles. The van der Waals surface area contributed by atoms with E-state index in [1.807, 2.05) is 32.5 Å². The Kier molecular flexibility index (Phi) is 7.75. The summed E-state index contributed by atoms with van der Waals surface area (Å²) < 4.78 is 84.2. The number of likely N-dealkylation sites (N-methyl/N-ethyl adjacent to an activating group) is 1. The lowest BCUT2D eigenvalue weighted by Crippen LogP contribution is -2.59. The number of rotatable bonds is 7. The van der Waals surface area contributed by atoms with E-state index in [4.69, 9.17) is 9.97 Å². The van der Waals surface area contributed by atoms with Crippen molar-refractivity contribution in [3.8, 4) is 0 Å². The summed E-state index contributed by atoms with van der Waals surface area (Å²) in [5.41, 5.74) is 1.32. The average Bonchev–Trinajstić information content (AvgIpc) is 3.56. The van der Waals surface area contributed by atoms with Gasteiger partial charge >= 0.3 is 12.4 Å². The van der Waals surface area contributed by atoms with Crippen molar-refractivity contribution in [2.24, 2.45) is 11.8 Å². The minimum absolute atomic E-state index is 0.0490. The van der Waals surface area contributed by atoms with Crippen molar-refractivity contribution in [1.82, 2.24) is 38.9 Å². The Bertz CT molecular complexity index is 1600. The van der Waals surface area contributed by atoms with Gasteiger partial charge in [0, 0.05) is 44.3 Å². The highest BCUT2D eigenvalue weighted by atomic mass is 19.4. The molecular formula is C29H35F6N9. The second-order valence-electron chi connectivity index (χ2n) is 12.4. The quantitative estimate of drug-likeness (QED) is 0.260. The maximum Gasteiger partial charge on any atom is 0.416 e. The first-order chi connectivity index (χ1) is 20.7.